The van der Waals surface area contributed by atoms with Crippen molar-refractivity contribution in [2.75, 3.05) is 4.90 Å². The Morgan fingerprint density at radius 3 is 2.62 bits per heavy atom. The van der Waals surface area contributed by atoms with Gasteiger partial charge in [0.15, 0.2) is 0 Å². The lowest BCUT2D eigenvalue weighted by Crippen LogP contribution is -2.58. The van der Waals surface area contributed by atoms with Crippen LogP contribution in [0.1, 0.15) is 37.7 Å². The second kappa shape index (κ2) is 6.32. The molecule has 7 nitrogen and oxygen atoms in total. The fourth-order valence-electron chi connectivity index (χ4n) is 3.92. The molecule has 1 aromatic carbocycles. The van der Waals surface area contributed by atoms with E-state index in [4.69, 9.17) is 28.1 Å². The number of aliphatic imine (C=N–C) groups is 2. The summed E-state index contributed by atoms with van der Waals surface area (Å²) in [5.74, 6) is 0.575. The third-order valence-corrected chi connectivity index (χ3v) is 5.30. The van der Waals surface area contributed by atoms with E-state index in [2.05, 4.69) is 10.1 Å². The van der Waals surface area contributed by atoms with Crippen LogP contribution in [-0.2, 0) is 0 Å². The molecule has 1 fully saturated rings. The fourth-order valence-corrected chi connectivity index (χ4v) is 4.17. The predicted molar refractivity (Wildman–Crippen MR) is 105 cm³/mol. The molecule has 0 saturated heterocycles. The van der Waals surface area contributed by atoms with Crippen molar-refractivity contribution in [3.8, 4) is 5.69 Å². The summed E-state index contributed by atoms with van der Waals surface area (Å²) in [6.45, 7) is 1.99. The van der Waals surface area contributed by atoms with Gasteiger partial charge in [0.1, 0.15) is 11.4 Å². The highest BCUT2D eigenvalue weighted by Crippen LogP contribution is 2.42. The second-order valence-corrected chi connectivity index (χ2v) is 7.30. The lowest BCUT2D eigenvalue weighted by molar-refractivity contribution is 0.305. The maximum Gasteiger partial charge on any atom is 0.220 e. The summed E-state index contributed by atoms with van der Waals surface area (Å²) >= 11 is 6.57. The lowest BCUT2D eigenvalue weighted by Gasteiger charge is -2.46. The van der Waals surface area contributed by atoms with Gasteiger partial charge < -0.3 is 11.5 Å². The first-order valence-corrected chi connectivity index (χ1v) is 9.18. The number of halogens is 1. The summed E-state index contributed by atoms with van der Waals surface area (Å²) in [4.78, 5) is 11.0. The fraction of sp³-hybridized carbons (Fsp3) is 0.389. The van der Waals surface area contributed by atoms with Crippen molar-refractivity contribution in [2.24, 2.45) is 21.5 Å². The number of para-hydroxylation sites is 1. The number of hydrogen-bond acceptors (Lipinski definition) is 6. The molecule has 1 aliphatic heterocycles. The number of anilines is 1. The Labute approximate surface area is 157 Å². The van der Waals surface area contributed by atoms with Crippen LogP contribution in [0.3, 0.4) is 0 Å². The first-order valence-electron chi connectivity index (χ1n) is 8.80. The van der Waals surface area contributed by atoms with E-state index in [9.17, 15) is 0 Å². The number of guanidine groups is 2. The van der Waals surface area contributed by atoms with Crippen LogP contribution in [0, 0.1) is 6.92 Å². The predicted octanol–water partition coefficient (Wildman–Crippen LogP) is 2.94. The number of aromatic nitrogens is 2. The standard InChI is InChI=1S/C18H22ClN7/c1-12-10-22-25(11-12)15-13(19)6-5-7-14(15)26-17(21)23-16(20)24-18(26)8-3-2-4-9-18/h5-7,10-11H,2-4,8-9H2,1H3,(H4,20,21,23,24). The van der Waals surface area contributed by atoms with Crippen LogP contribution in [-0.4, -0.2) is 27.4 Å². The smallest absolute Gasteiger partial charge is 0.220 e. The SMILES string of the molecule is Cc1cnn(-c2c(Cl)cccc2N2C(N)=NC(N)=NC23CCCCC3)c1. The van der Waals surface area contributed by atoms with Gasteiger partial charge in [0.2, 0.25) is 11.9 Å². The first-order chi connectivity index (χ1) is 12.5. The summed E-state index contributed by atoms with van der Waals surface area (Å²) in [6, 6.07) is 5.73. The minimum atomic E-state index is -0.518. The van der Waals surface area contributed by atoms with Gasteiger partial charge in [-0.25, -0.2) is 9.67 Å². The Hall–Kier alpha value is -2.54. The Morgan fingerprint density at radius 2 is 1.92 bits per heavy atom. The van der Waals surface area contributed by atoms with Crippen molar-refractivity contribution in [1.82, 2.24) is 9.78 Å². The van der Waals surface area contributed by atoms with E-state index in [1.807, 2.05) is 36.2 Å². The molecule has 8 heteroatoms. The molecule has 136 valence electrons. The Morgan fingerprint density at radius 1 is 1.15 bits per heavy atom. The topological polar surface area (TPSA) is 97.8 Å². The highest BCUT2D eigenvalue weighted by molar-refractivity contribution is 6.33. The third kappa shape index (κ3) is 2.72. The molecule has 0 atom stereocenters. The molecule has 2 aliphatic rings. The summed E-state index contributed by atoms with van der Waals surface area (Å²) in [5.41, 5.74) is 14.4. The number of aryl methyl sites for hydroxylation is 1. The number of nitrogens with zero attached hydrogens (tertiary/aromatic N) is 5. The number of benzene rings is 1. The van der Waals surface area contributed by atoms with Crippen LogP contribution >= 0.6 is 11.6 Å². The molecule has 0 radical (unpaired) electrons. The monoisotopic (exact) mass is 371 g/mol. The van der Waals surface area contributed by atoms with Crippen LogP contribution in [0.25, 0.3) is 5.69 Å². The van der Waals surface area contributed by atoms with Crippen LogP contribution in [0.2, 0.25) is 5.02 Å². The molecule has 0 unspecified atom stereocenters. The molecule has 2 aromatic rings. The van der Waals surface area contributed by atoms with Gasteiger partial charge in [0.25, 0.3) is 0 Å². The van der Waals surface area contributed by atoms with Crippen molar-refractivity contribution in [1.29, 1.82) is 0 Å². The normalized spacial score (nSPS) is 19.4. The van der Waals surface area contributed by atoms with Crippen molar-refractivity contribution in [3.63, 3.8) is 0 Å². The molecule has 4 N–H and O–H groups in total. The zero-order chi connectivity index (χ0) is 18.3. The first kappa shape index (κ1) is 16.9. The molecule has 4 rings (SSSR count). The zero-order valence-electron chi connectivity index (χ0n) is 14.7. The highest BCUT2D eigenvalue weighted by Gasteiger charge is 2.43. The van der Waals surface area contributed by atoms with E-state index in [-0.39, 0.29) is 5.96 Å². The van der Waals surface area contributed by atoms with Gasteiger partial charge in [-0.3, -0.25) is 4.90 Å². The molecular formula is C18H22ClN7. The average molecular weight is 372 g/mol. The molecule has 26 heavy (non-hydrogen) atoms. The lowest BCUT2D eigenvalue weighted by atomic mass is 9.87. The molecule has 2 heterocycles. The van der Waals surface area contributed by atoms with Crippen LogP contribution < -0.4 is 16.4 Å². The zero-order valence-corrected chi connectivity index (χ0v) is 15.4. The van der Waals surface area contributed by atoms with Crippen molar-refractivity contribution in [2.45, 2.75) is 44.7 Å². The largest absolute Gasteiger partial charge is 0.369 e. The molecule has 0 amide bonds. The van der Waals surface area contributed by atoms with Gasteiger partial charge in [0, 0.05) is 6.20 Å². The van der Waals surface area contributed by atoms with Gasteiger partial charge in [-0.15, -0.1) is 0 Å². The van der Waals surface area contributed by atoms with E-state index in [0.717, 1.165) is 42.6 Å². The van der Waals surface area contributed by atoms with Crippen LogP contribution in [0.4, 0.5) is 5.69 Å². The van der Waals surface area contributed by atoms with E-state index < -0.39 is 5.66 Å². The summed E-state index contributed by atoms with van der Waals surface area (Å²) in [5, 5.41) is 5.03. The Kier molecular flexibility index (Phi) is 4.11. The van der Waals surface area contributed by atoms with Gasteiger partial charge in [-0.1, -0.05) is 24.1 Å². The molecule has 0 bridgehead atoms. The third-order valence-electron chi connectivity index (χ3n) is 5.00. The van der Waals surface area contributed by atoms with Crippen molar-refractivity contribution in [3.05, 3.63) is 41.2 Å². The maximum atomic E-state index is 6.57. The van der Waals surface area contributed by atoms with Crippen LogP contribution in [0.15, 0.2) is 40.6 Å². The van der Waals surface area contributed by atoms with Gasteiger partial charge in [0.05, 0.1) is 16.9 Å². The van der Waals surface area contributed by atoms with Gasteiger partial charge in [-0.05, 0) is 50.3 Å². The summed E-state index contributed by atoms with van der Waals surface area (Å²) in [6.07, 6.45) is 8.79. The van der Waals surface area contributed by atoms with E-state index in [0.29, 0.717) is 11.0 Å². The molecule has 1 aliphatic carbocycles. The summed E-state index contributed by atoms with van der Waals surface area (Å²) in [7, 11) is 0. The minimum Gasteiger partial charge on any atom is -0.369 e. The molecule has 1 spiro atoms. The number of nitrogens with two attached hydrogens (primary N) is 2. The van der Waals surface area contributed by atoms with E-state index in [1.54, 1.807) is 10.9 Å². The Bertz CT molecular complexity index is 893. The minimum absolute atomic E-state index is 0.235. The van der Waals surface area contributed by atoms with E-state index in [1.165, 1.54) is 6.42 Å². The van der Waals surface area contributed by atoms with E-state index >= 15 is 0 Å². The number of rotatable bonds is 2. The molecule has 1 aromatic heterocycles. The molecular weight excluding hydrogens is 350 g/mol. The second-order valence-electron chi connectivity index (χ2n) is 6.89. The van der Waals surface area contributed by atoms with Gasteiger partial charge in [-0.2, -0.15) is 10.1 Å². The van der Waals surface area contributed by atoms with Crippen LogP contribution in [0.5, 0.6) is 0 Å². The molecule has 1 saturated carbocycles. The average Bonchev–Trinajstić information content (AvgIpc) is 3.01. The Balaban J connectivity index is 1.91. The number of hydrogen-bond donors (Lipinski definition) is 2. The van der Waals surface area contributed by atoms with Gasteiger partial charge >= 0.3 is 0 Å². The van der Waals surface area contributed by atoms with Crippen molar-refractivity contribution < 1.29 is 0 Å². The van der Waals surface area contributed by atoms with Crippen molar-refractivity contribution >= 4 is 29.2 Å². The quantitative estimate of drug-likeness (QED) is 0.847. The highest BCUT2D eigenvalue weighted by atomic mass is 35.5. The maximum absolute atomic E-state index is 6.57. The summed E-state index contributed by atoms with van der Waals surface area (Å²) < 4.78 is 1.78.